The van der Waals surface area contributed by atoms with Gasteiger partial charge >= 0.3 is 5.97 Å². The summed E-state index contributed by atoms with van der Waals surface area (Å²) < 4.78 is 6.69. The number of anilines is 1. The van der Waals surface area contributed by atoms with Gasteiger partial charge in [-0.1, -0.05) is 41.7 Å². The Bertz CT molecular complexity index is 1230. The van der Waals surface area contributed by atoms with Crippen LogP contribution in [0.1, 0.15) is 45.1 Å². The normalized spacial score (nSPS) is 11.9. The van der Waals surface area contributed by atoms with Gasteiger partial charge in [-0.05, 0) is 43.7 Å². The molecule has 30 heavy (non-hydrogen) atoms. The lowest BCUT2D eigenvalue weighted by Gasteiger charge is -2.15. The van der Waals surface area contributed by atoms with Gasteiger partial charge in [-0.15, -0.1) is 0 Å². The molecule has 0 saturated heterocycles. The number of nitrogens with one attached hydrogen (secondary N) is 2. The predicted molar refractivity (Wildman–Crippen MR) is 116 cm³/mol. The van der Waals surface area contributed by atoms with E-state index in [-0.39, 0.29) is 17.6 Å². The first kappa shape index (κ1) is 19.7. The molecule has 7 nitrogen and oxygen atoms in total. The first-order valence-corrected chi connectivity index (χ1v) is 10.1. The maximum absolute atomic E-state index is 12.4. The quantitative estimate of drug-likeness (QED) is 0.405. The van der Waals surface area contributed by atoms with E-state index < -0.39 is 5.97 Å². The summed E-state index contributed by atoms with van der Waals surface area (Å²) in [5.74, 6) is -1.02. The van der Waals surface area contributed by atoms with E-state index in [1.54, 1.807) is 6.07 Å². The Hall–Kier alpha value is -3.65. The number of aryl methyl sites for hydroxylation is 1. The van der Waals surface area contributed by atoms with E-state index in [0.717, 1.165) is 11.3 Å². The largest absolute Gasteiger partial charge is 0.484 e. The first-order valence-electron chi connectivity index (χ1n) is 9.27. The molecule has 0 radical (unpaired) electrons. The summed E-state index contributed by atoms with van der Waals surface area (Å²) in [6.07, 6.45) is -0.305. The van der Waals surface area contributed by atoms with Gasteiger partial charge in [0.25, 0.3) is 5.91 Å². The molecule has 4 aromatic rings. The van der Waals surface area contributed by atoms with Crippen LogP contribution < -0.4 is 10.1 Å². The van der Waals surface area contributed by atoms with Crippen molar-refractivity contribution in [2.24, 2.45) is 0 Å². The van der Waals surface area contributed by atoms with Crippen molar-refractivity contribution in [1.29, 1.82) is 0 Å². The van der Waals surface area contributed by atoms with E-state index >= 15 is 0 Å². The lowest BCUT2D eigenvalue weighted by Crippen LogP contribution is -2.12. The van der Waals surface area contributed by atoms with Crippen LogP contribution in [-0.4, -0.2) is 27.0 Å². The van der Waals surface area contributed by atoms with E-state index in [1.165, 1.54) is 23.5 Å². The molecule has 1 amide bonds. The van der Waals surface area contributed by atoms with Crippen molar-refractivity contribution in [2.45, 2.75) is 20.0 Å². The minimum Gasteiger partial charge on any atom is -0.484 e. The predicted octanol–water partition coefficient (Wildman–Crippen LogP) is 5.02. The lowest BCUT2D eigenvalue weighted by molar-refractivity contribution is 0.0696. The van der Waals surface area contributed by atoms with Crippen LogP contribution in [0, 0.1) is 6.92 Å². The zero-order chi connectivity index (χ0) is 21.3. The fourth-order valence-electron chi connectivity index (χ4n) is 3.05. The molecule has 0 bridgehead atoms. The van der Waals surface area contributed by atoms with Gasteiger partial charge in [-0.3, -0.25) is 10.1 Å². The van der Waals surface area contributed by atoms with E-state index in [2.05, 4.69) is 15.3 Å². The van der Waals surface area contributed by atoms with Crippen LogP contribution in [0.25, 0.3) is 10.2 Å². The summed E-state index contributed by atoms with van der Waals surface area (Å²) in [6, 6.07) is 16.1. The van der Waals surface area contributed by atoms with E-state index in [0.29, 0.717) is 26.8 Å². The number of carboxylic acid groups (broad SMARTS) is 1. The highest BCUT2D eigenvalue weighted by Gasteiger charge is 2.18. The molecule has 0 aliphatic carbocycles. The molecule has 2 aromatic heterocycles. The van der Waals surface area contributed by atoms with Gasteiger partial charge in [0.2, 0.25) is 0 Å². The average molecular weight is 421 g/mol. The molecule has 8 heteroatoms. The molecule has 1 atom stereocenters. The van der Waals surface area contributed by atoms with Gasteiger partial charge in [-0.25, -0.2) is 9.78 Å². The topological polar surface area (TPSA) is 104 Å². The third-order valence-electron chi connectivity index (χ3n) is 4.58. The molecule has 1 unspecified atom stereocenters. The van der Waals surface area contributed by atoms with Crippen LogP contribution in [0.5, 0.6) is 5.75 Å². The highest BCUT2D eigenvalue weighted by atomic mass is 32.1. The Kier molecular flexibility index (Phi) is 5.24. The maximum atomic E-state index is 12.4. The number of hydrogen-bond acceptors (Lipinski definition) is 5. The fraction of sp³-hybridized carbons (Fsp3) is 0.136. The summed E-state index contributed by atoms with van der Waals surface area (Å²) in [7, 11) is 0. The van der Waals surface area contributed by atoms with Crippen molar-refractivity contribution < 1.29 is 19.4 Å². The van der Waals surface area contributed by atoms with Crippen LogP contribution in [0.2, 0.25) is 0 Å². The number of carbonyl (C=O) groups is 2. The number of aromatic nitrogens is 2. The molecule has 152 valence electrons. The summed E-state index contributed by atoms with van der Waals surface area (Å²) in [5, 5.41) is 12.6. The molecule has 0 aliphatic heterocycles. The molecule has 2 aromatic carbocycles. The first-order chi connectivity index (χ1) is 14.4. The van der Waals surface area contributed by atoms with Crippen molar-refractivity contribution in [3.8, 4) is 5.75 Å². The number of benzene rings is 2. The number of fused-ring (bicyclic) bond motifs is 1. The number of thiazole rings is 1. The average Bonchev–Trinajstić information content (AvgIpc) is 3.34. The molecule has 0 saturated carbocycles. The second kappa shape index (κ2) is 8.00. The molecule has 0 spiro atoms. The molecule has 3 N–H and O–H groups in total. The number of carbonyl (C=O) groups excluding carboxylic acids is 1. The van der Waals surface area contributed by atoms with Crippen LogP contribution in [0.4, 0.5) is 5.13 Å². The van der Waals surface area contributed by atoms with Gasteiger partial charge in [0, 0.05) is 5.69 Å². The Balaban J connectivity index is 1.68. The number of nitrogens with zero attached hydrogens (tertiary/aromatic N) is 1. The number of carboxylic acids is 1. The third kappa shape index (κ3) is 4.04. The summed E-state index contributed by atoms with van der Waals surface area (Å²) in [5.41, 5.74) is 2.86. The smallest absolute Gasteiger partial charge is 0.335 e. The zero-order valence-corrected chi connectivity index (χ0v) is 17.1. The Labute approximate surface area is 176 Å². The monoisotopic (exact) mass is 421 g/mol. The van der Waals surface area contributed by atoms with E-state index in [1.807, 2.05) is 50.2 Å². The molecular formula is C22H19N3O4S. The summed E-state index contributed by atoms with van der Waals surface area (Å²) in [6.45, 7) is 3.75. The summed E-state index contributed by atoms with van der Waals surface area (Å²) >= 11 is 1.20. The van der Waals surface area contributed by atoms with Gasteiger partial charge in [0.15, 0.2) is 5.13 Å². The third-order valence-corrected chi connectivity index (χ3v) is 5.49. The van der Waals surface area contributed by atoms with Crippen molar-refractivity contribution in [3.63, 3.8) is 0 Å². The molecule has 2 heterocycles. The standard InChI is InChI=1S/C22H19N3O4S/c1-12-8-9-16(23-12)20(26)25-22-24-19-17(10-15(21(27)28)11-18(19)30-22)29-13(2)14-6-4-3-5-7-14/h3-11,13,23H,1-2H3,(H,27,28)(H,24,25,26). The van der Waals surface area contributed by atoms with Gasteiger partial charge in [0.1, 0.15) is 23.1 Å². The SMILES string of the molecule is Cc1ccc(C(=O)Nc2nc3c(OC(C)c4ccccc4)cc(C(=O)O)cc3s2)[nH]1. The van der Waals surface area contributed by atoms with Gasteiger partial charge in [0.05, 0.1) is 10.3 Å². The number of H-pyrrole nitrogens is 1. The highest BCUT2D eigenvalue weighted by Crippen LogP contribution is 2.36. The van der Waals surface area contributed by atoms with Gasteiger partial charge in [-0.2, -0.15) is 0 Å². The lowest BCUT2D eigenvalue weighted by atomic mass is 10.1. The molecule has 0 fully saturated rings. The highest BCUT2D eigenvalue weighted by molar-refractivity contribution is 7.22. The van der Waals surface area contributed by atoms with E-state index in [9.17, 15) is 14.7 Å². The van der Waals surface area contributed by atoms with Crippen LogP contribution in [0.3, 0.4) is 0 Å². The van der Waals surface area contributed by atoms with Crippen molar-refractivity contribution in [3.05, 3.63) is 77.1 Å². The zero-order valence-electron chi connectivity index (χ0n) is 16.3. The van der Waals surface area contributed by atoms with Crippen LogP contribution in [-0.2, 0) is 0 Å². The molecule has 0 aliphatic rings. The Morgan fingerprint density at radius 1 is 1.17 bits per heavy atom. The second-order valence-electron chi connectivity index (χ2n) is 6.83. The Morgan fingerprint density at radius 3 is 2.60 bits per heavy atom. The van der Waals surface area contributed by atoms with Crippen LogP contribution in [0.15, 0.2) is 54.6 Å². The number of aromatic amines is 1. The number of amides is 1. The Morgan fingerprint density at radius 2 is 1.93 bits per heavy atom. The van der Waals surface area contributed by atoms with Crippen molar-refractivity contribution in [1.82, 2.24) is 9.97 Å². The molecule has 4 rings (SSSR count). The summed E-state index contributed by atoms with van der Waals surface area (Å²) in [4.78, 5) is 31.5. The van der Waals surface area contributed by atoms with Crippen LogP contribution >= 0.6 is 11.3 Å². The number of aromatic carboxylic acids is 1. The van der Waals surface area contributed by atoms with Gasteiger partial charge < -0.3 is 14.8 Å². The number of hydrogen-bond donors (Lipinski definition) is 3. The molecular weight excluding hydrogens is 402 g/mol. The van der Waals surface area contributed by atoms with E-state index in [4.69, 9.17) is 4.74 Å². The fourth-order valence-corrected chi connectivity index (χ4v) is 3.97. The minimum atomic E-state index is -1.06. The number of ether oxygens (including phenoxy) is 1. The van der Waals surface area contributed by atoms with Crippen molar-refractivity contribution in [2.75, 3.05) is 5.32 Å². The maximum Gasteiger partial charge on any atom is 0.335 e. The minimum absolute atomic E-state index is 0.0966. The van der Waals surface area contributed by atoms with Crippen molar-refractivity contribution >= 4 is 38.6 Å². The second-order valence-corrected chi connectivity index (χ2v) is 7.86. The number of rotatable bonds is 6.